The summed E-state index contributed by atoms with van der Waals surface area (Å²) in [5.41, 5.74) is 1.80. The summed E-state index contributed by atoms with van der Waals surface area (Å²) in [5.74, 6) is -0.0909. The lowest BCUT2D eigenvalue weighted by atomic mass is 10.0. The van der Waals surface area contributed by atoms with Crippen molar-refractivity contribution in [2.24, 2.45) is 0 Å². The highest BCUT2D eigenvalue weighted by atomic mass is 35.5. The van der Waals surface area contributed by atoms with Crippen molar-refractivity contribution in [3.8, 4) is 5.75 Å². The Kier molecular flexibility index (Phi) is 7.67. The van der Waals surface area contributed by atoms with Gasteiger partial charge in [0.2, 0.25) is 0 Å². The number of hydrogen-bond donors (Lipinski definition) is 1. The first-order valence-corrected chi connectivity index (χ1v) is 9.18. The highest BCUT2D eigenvalue weighted by molar-refractivity contribution is 6.31. The molecule has 0 aliphatic rings. The summed E-state index contributed by atoms with van der Waals surface area (Å²) in [6.07, 6.45) is -0.927. The fraction of sp³-hybridized carbons (Fsp3) is 0.333. The number of esters is 1. The zero-order chi connectivity index (χ0) is 19.8. The Balaban J connectivity index is 1.81. The molecule has 0 spiro atoms. The van der Waals surface area contributed by atoms with Gasteiger partial charge in [-0.25, -0.2) is 4.79 Å². The third kappa shape index (κ3) is 6.29. The fourth-order valence-electron chi connectivity index (χ4n) is 2.48. The van der Waals surface area contributed by atoms with Gasteiger partial charge in [-0.2, -0.15) is 0 Å². The number of halogens is 1. The summed E-state index contributed by atoms with van der Waals surface area (Å²) in [6, 6.07) is 14.7. The third-order valence-electron chi connectivity index (χ3n) is 3.97. The van der Waals surface area contributed by atoms with E-state index >= 15 is 0 Å². The van der Waals surface area contributed by atoms with Gasteiger partial charge >= 0.3 is 5.97 Å². The SMILES string of the molecule is CC(C)c1ccccc1OCC(=O)O[C@H](C)C(=O)NCc1ccccc1Cl. The quantitative estimate of drug-likeness (QED) is 0.690. The van der Waals surface area contributed by atoms with Crippen LogP contribution < -0.4 is 10.1 Å². The molecule has 1 amide bonds. The molecule has 2 aromatic carbocycles. The molecule has 0 heterocycles. The molecule has 27 heavy (non-hydrogen) atoms. The number of benzene rings is 2. The molecule has 0 fully saturated rings. The largest absolute Gasteiger partial charge is 0.482 e. The van der Waals surface area contributed by atoms with Crippen LogP contribution in [0.15, 0.2) is 48.5 Å². The molecule has 0 bridgehead atoms. The molecular formula is C21H24ClNO4. The molecule has 2 rings (SSSR count). The summed E-state index contributed by atoms with van der Waals surface area (Å²) < 4.78 is 10.7. The molecule has 0 unspecified atom stereocenters. The van der Waals surface area contributed by atoms with E-state index in [1.807, 2.05) is 56.3 Å². The van der Waals surface area contributed by atoms with Crippen LogP contribution in [0, 0.1) is 0 Å². The highest BCUT2D eigenvalue weighted by Crippen LogP contribution is 2.25. The maximum Gasteiger partial charge on any atom is 0.344 e. The Morgan fingerprint density at radius 3 is 2.41 bits per heavy atom. The summed E-state index contributed by atoms with van der Waals surface area (Å²) in [5, 5.41) is 3.27. The van der Waals surface area contributed by atoms with Gasteiger partial charge in [-0.05, 0) is 36.1 Å². The van der Waals surface area contributed by atoms with E-state index in [1.165, 1.54) is 6.92 Å². The topological polar surface area (TPSA) is 64.6 Å². The average Bonchev–Trinajstić information content (AvgIpc) is 2.65. The summed E-state index contributed by atoms with van der Waals surface area (Å²) in [6.45, 7) is 5.62. The van der Waals surface area contributed by atoms with Gasteiger partial charge in [-0.15, -0.1) is 0 Å². The number of carbonyl (C=O) groups excluding carboxylic acids is 2. The molecule has 1 N–H and O–H groups in total. The van der Waals surface area contributed by atoms with E-state index in [-0.39, 0.29) is 19.1 Å². The Morgan fingerprint density at radius 1 is 1.04 bits per heavy atom. The number of hydrogen-bond acceptors (Lipinski definition) is 4. The summed E-state index contributed by atoms with van der Waals surface area (Å²) in [4.78, 5) is 24.1. The van der Waals surface area contributed by atoms with Crippen LogP contribution >= 0.6 is 11.6 Å². The van der Waals surface area contributed by atoms with Crippen molar-refractivity contribution in [2.75, 3.05) is 6.61 Å². The van der Waals surface area contributed by atoms with E-state index in [4.69, 9.17) is 21.1 Å². The molecule has 0 aromatic heterocycles. The number of ether oxygens (including phenoxy) is 2. The zero-order valence-corrected chi connectivity index (χ0v) is 16.5. The molecule has 0 aliphatic heterocycles. The minimum atomic E-state index is -0.927. The predicted molar refractivity (Wildman–Crippen MR) is 105 cm³/mol. The second-order valence-corrected chi connectivity index (χ2v) is 6.83. The van der Waals surface area contributed by atoms with E-state index in [0.717, 1.165) is 11.1 Å². The zero-order valence-electron chi connectivity index (χ0n) is 15.7. The second kappa shape index (κ2) is 9.97. The van der Waals surface area contributed by atoms with Crippen LogP contribution in [-0.4, -0.2) is 24.6 Å². The van der Waals surface area contributed by atoms with Gasteiger partial charge in [-0.1, -0.05) is 61.8 Å². The van der Waals surface area contributed by atoms with Crippen LogP contribution in [-0.2, 0) is 20.9 Å². The molecule has 5 nitrogen and oxygen atoms in total. The van der Waals surface area contributed by atoms with E-state index in [9.17, 15) is 9.59 Å². The first-order chi connectivity index (χ1) is 12.9. The lowest BCUT2D eigenvalue weighted by Gasteiger charge is -2.16. The van der Waals surface area contributed by atoms with Gasteiger partial charge in [-0.3, -0.25) is 4.79 Å². The van der Waals surface area contributed by atoms with Crippen molar-refractivity contribution < 1.29 is 19.1 Å². The van der Waals surface area contributed by atoms with Gasteiger partial charge < -0.3 is 14.8 Å². The average molecular weight is 390 g/mol. The first kappa shape index (κ1) is 20.8. The van der Waals surface area contributed by atoms with E-state index in [2.05, 4.69) is 5.32 Å². The number of carbonyl (C=O) groups is 2. The summed E-state index contributed by atoms with van der Waals surface area (Å²) >= 11 is 6.05. The molecular weight excluding hydrogens is 366 g/mol. The monoisotopic (exact) mass is 389 g/mol. The van der Waals surface area contributed by atoms with E-state index in [0.29, 0.717) is 10.8 Å². The van der Waals surface area contributed by atoms with Crippen molar-refractivity contribution in [3.63, 3.8) is 0 Å². The molecule has 0 saturated carbocycles. The smallest absolute Gasteiger partial charge is 0.344 e. The molecule has 6 heteroatoms. The van der Waals surface area contributed by atoms with Crippen LogP contribution in [0.2, 0.25) is 5.02 Å². The second-order valence-electron chi connectivity index (χ2n) is 6.42. The van der Waals surface area contributed by atoms with Crippen molar-refractivity contribution in [2.45, 2.75) is 39.3 Å². The van der Waals surface area contributed by atoms with Gasteiger partial charge in [0.1, 0.15) is 5.75 Å². The molecule has 0 aliphatic carbocycles. The molecule has 2 aromatic rings. The lowest BCUT2D eigenvalue weighted by molar-refractivity contribution is -0.156. The Morgan fingerprint density at radius 2 is 1.70 bits per heavy atom. The minimum Gasteiger partial charge on any atom is -0.482 e. The highest BCUT2D eigenvalue weighted by Gasteiger charge is 2.18. The lowest BCUT2D eigenvalue weighted by Crippen LogP contribution is -2.36. The van der Waals surface area contributed by atoms with Gasteiger partial charge in [0, 0.05) is 11.6 Å². The van der Waals surface area contributed by atoms with Crippen LogP contribution in [0.25, 0.3) is 0 Å². The minimum absolute atomic E-state index is 0.258. The third-order valence-corrected chi connectivity index (χ3v) is 4.34. The molecule has 0 radical (unpaired) electrons. The van der Waals surface area contributed by atoms with Crippen molar-refractivity contribution in [1.29, 1.82) is 0 Å². The number of para-hydroxylation sites is 1. The maximum absolute atomic E-state index is 12.1. The predicted octanol–water partition coefficient (Wildman–Crippen LogP) is 4.09. The van der Waals surface area contributed by atoms with Gasteiger partial charge in [0.25, 0.3) is 5.91 Å². The van der Waals surface area contributed by atoms with Crippen LogP contribution in [0.4, 0.5) is 0 Å². The van der Waals surface area contributed by atoms with Gasteiger partial charge in [0.15, 0.2) is 12.7 Å². The van der Waals surface area contributed by atoms with E-state index < -0.39 is 18.0 Å². The molecule has 144 valence electrons. The fourth-order valence-corrected chi connectivity index (χ4v) is 2.68. The van der Waals surface area contributed by atoms with Crippen LogP contribution in [0.3, 0.4) is 0 Å². The number of rotatable bonds is 8. The number of amides is 1. The van der Waals surface area contributed by atoms with Gasteiger partial charge in [0.05, 0.1) is 0 Å². The van der Waals surface area contributed by atoms with Crippen LogP contribution in [0.1, 0.15) is 37.8 Å². The normalized spacial score (nSPS) is 11.7. The molecule has 0 saturated heterocycles. The van der Waals surface area contributed by atoms with Crippen molar-refractivity contribution in [3.05, 3.63) is 64.7 Å². The molecule has 1 atom stereocenters. The standard InChI is InChI=1S/C21H24ClNO4/c1-14(2)17-9-5-7-11-19(17)26-13-20(24)27-15(3)21(25)23-12-16-8-4-6-10-18(16)22/h4-11,14-15H,12-13H2,1-3H3,(H,23,25)/t15-/m1/s1. The Bertz CT molecular complexity index is 791. The van der Waals surface area contributed by atoms with Crippen molar-refractivity contribution >= 4 is 23.5 Å². The van der Waals surface area contributed by atoms with Crippen LogP contribution in [0.5, 0.6) is 5.75 Å². The van der Waals surface area contributed by atoms with Crippen molar-refractivity contribution in [1.82, 2.24) is 5.32 Å². The number of nitrogens with one attached hydrogen (secondary N) is 1. The first-order valence-electron chi connectivity index (χ1n) is 8.80. The van der Waals surface area contributed by atoms with E-state index in [1.54, 1.807) is 6.07 Å². The Hall–Kier alpha value is -2.53. The maximum atomic E-state index is 12.1. The summed E-state index contributed by atoms with van der Waals surface area (Å²) in [7, 11) is 0. The Labute approximate surface area is 164 Å².